The van der Waals surface area contributed by atoms with Gasteiger partial charge < -0.3 is 5.73 Å². The Balaban J connectivity index is 1.93. The molecule has 1 aliphatic heterocycles. The van der Waals surface area contributed by atoms with Gasteiger partial charge >= 0.3 is 0 Å². The smallest absolute Gasteiger partial charge is 0.0957 e. The number of hydrogen-bond donors (Lipinski definition) is 1. The Morgan fingerprint density at radius 3 is 2.94 bits per heavy atom. The molecule has 4 heteroatoms. The van der Waals surface area contributed by atoms with E-state index in [1.807, 2.05) is 11.3 Å². The Morgan fingerprint density at radius 1 is 1.41 bits per heavy atom. The van der Waals surface area contributed by atoms with Crippen LogP contribution in [0.2, 0.25) is 0 Å². The first kappa shape index (κ1) is 13.0. The summed E-state index contributed by atoms with van der Waals surface area (Å²) in [4.78, 5) is 8.79. The van der Waals surface area contributed by atoms with E-state index in [9.17, 15) is 0 Å². The van der Waals surface area contributed by atoms with Gasteiger partial charge in [0.25, 0.3) is 0 Å². The van der Waals surface area contributed by atoms with E-state index in [-0.39, 0.29) is 0 Å². The lowest BCUT2D eigenvalue weighted by Gasteiger charge is -2.25. The minimum atomic E-state index is 0.566. The van der Waals surface area contributed by atoms with Crippen LogP contribution in [0, 0.1) is 0 Å². The molecular formula is C13H23N3S. The molecule has 2 rings (SSSR count). The topological polar surface area (TPSA) is 42.2 Å². The fourth-order valence-corrected chi connectivity index (χ4v) is 3.34. The van der Waals surface area contributed by atoms with Crippen molar-refractivity contribution in [2.45, 2.75) is 45.6 Å². The van der Waals surface area contributed by atoms with E-state index in [2.05, 4.69) is 18.7 Å². The Labute approximate surface area is 108 Å². The number of nitrogens with two attached hydrogens (primary N) is 1. The molecular weight excluding hydrogens is 230 g/mol. The van der Waals surface area contributed by atoms with Gasteiger partial charge in [-0.15, -0.1) is 11.3 Å². The lowest BCUT2D eigenvalue weighted by molar-refractivity contribution is 0.251. The summed E-state index contributed by atoms with van der Waals surface area (Å²) < 4.78 is 0. The lowest BCUT2D eigenvalue weighted by atomic mass is 10.1. The zero-order valence-corrected chi connectivity index (χ0v) is 11.7. The summed E-state index contributed by atoms with van der Waals surface area (Å²) in [5.74, 6) is 0.566. The maximum atomic E-state index is 5.53. The summed E-state index contributed by atoms with van der Waals surface area (Å²) in [6.07, 6.45) is 3.49. The van der Waals surface area contributed by atoms with Crippen molar-refractivity contribution in [3.63, 3.8) is 0 Å². The zero-order valence-electron chi connectivity index (χ0n) is 10.9. The number of unbranched alkanes of at least 4 members (excludes halogenated alkanes) is 1. The average Bonchev–Trinajstić information content (AvgIpc) is 2.72. The van der Waals surface area contributed by atoms with Gasteiger partial charge in [0.05, 0.1) is 10.7 Å². The quantitative estimate of drug-likeness (QED) is 0.819. The molecule has 1 aliphatic rings. The molecule has 0 aromatic carbocycles. The van der Waals surface area contributed by atoms with Crippen LogP contribution in [0.4, 0.5) is 0 Å². The van der Waals surface area contributed by atoms with E-state index >= 15 is 0 Å². The van der Waals surface area contributed by atoms with Crippen LogP contribution in [0.1, 0.15) is 48.2 Å². The van der Waals surface area contributed by atoms with Crippen LogP contribution in [0.15, 0.2) is 0 Å². The summed E-state index contributed by atoms with van der Waals surface area (Å²) in [6, 6.07) is 0. The molecule has 1 aromatic rings. The first-order valence-corrected chi connectivity index (χ1v) is 7.43. The molecule has 3 nitrogen and oxygen atoms in total. The molecule has 1 aromatic heterocycles. The Kier molecular flexibility index (Phi) is 4.54. The van der Waals surface area contributed by atoms with Crippen molar-refractivity contribution < 1.29 is 0 Å². The third-order valence-electron chi connectivity index (χ3n) is 3.25. The van der Waals surface area contributed by atoms with Gasteiger partial charge in [-0.3, -0.25) is 4.90 Å². The Bertz CT molecular complexity index is 360. The number of thiazole rings is 1. The van der Waals surface area contributed by atoms with Crippen molar-refractivity contribution in [1.29, 1.82) is 0 Å². The summed E-state index contributed by atoms with van der Waals surface area (Å²) >= 11 is 1.91. The molecule has 0 spiro atoms. The van der Waals surface area contributed by atoms with Gasteiger partial charge in [0.1, 0.15) is 0 Å². The second-order valence-electron chi connectivity index (χ2n) is 5.10. The minimum absolute atomic E-state index is 0.566. The highest BCUT2D eigenvalue weighted by atomic mass is 32.1. The normalized spacial score (nSPS) is 16.5. The van der Waals surface area contributed by atoms with Gasteiger partial charge in [-0.2, -0.15) is 0 Å². The summed E-state index contributed by atoms with van der Waals surface area (Å²) in [7, 11) is 0. The third kappa shape index (κ3) is 3.27. The lowest BCUT2D eigenvalue weighted by Crippen LogP contribution is -2.31. The first-order chi connectivity index (χ1) is 8.20. The third-order valence-corrected chi connectivity index (χ3v) is 4.63. The van der Waals surface area contributed by atoms with Gasteiger partial charge in [0.15, 0.2) is 0 Å². The van der Waals surface area contributed by atoms with Crippen molar-refractivity contribution in [2.75, 3.05) is 19.6 Å². The average molecular weight is 253 g/mol. The summed E-state index contributed by atoms with van der Waals surface area (Å²) in [5, 5.41) is 1.30. The molecule has 0 fully saturated rings. The van der Waals surface area contributed by atoms with Crippen molar-refractivity contribution in [1.82, 2.24) is 9.88 Å². The summed E-state index contributed by atoms with van der Waals surface area (Å²) in [6.45, 7) is 8.72. The van der Waals surface area contributed by atoms with Crippen LogP contribution >= 0.6 is 11.3 Å². The standard InChI is InChI=1S/C13H23N3S/c1-10(2)13-15-11-5-8-16(7-4-3-6-14)9-12(11)17-13/h10H,3-9,14H2,1-2H3. The van der Waals surface area contributed by atoms with E-state index in [0.29, 0.717) is 5.92 Å². The molecule has 0 radical (unpaired) electrons. The van der Waals surface area contributed by atoms with Crippen molar-refractivity contribution >= 4 is 11.3 Å². The predicted octanol–water partition coefficient (Wildman–Crippen LogP) is 2.36. The molecule has 0 saturated heterocycles. The highest BCUT2D eigenvalue weighted by molar-refractivity contribution is 7.11. The molecule has 0 unspecified atom stereocenters. The zero-order chi connectivity index (χ0) is 12.3. The summed E-state index contributed by atoms with van der Waals surface area (Å²) in [5.41, 5.74) is 6.89. The molecule has 96 valence electrons. The van der Waals surface area contributed by atoms with E-state index < -0.39 is 0 Å². The molecule has 2 N–H and O–H groups in total. The maximum absolute atomic E-state index is 5.53. The molecule has 2 heterocycles. The van der Waals surface area contributed by atoms with Gasteiger partial charge in [0, 0.05) is 30.3 Å². The highest BCUT2D eigenvalue weighted by Crippen LogP contribution is 2.29. The van der Waals surface area contributed by atoms with Crippen molar-refractivity contribution in [2.24, 2.45) is 5.73 Å². The molecule has 0 saturated carbocycles. The van der Waals surface area contributed by atoms with Crippen LogP contribution < -0.4 is 5.73 Å². The largest absolute Gasteiger partial charge is 0.330 e. The predicted molar refractivity (Wildman–Crippen MR) is 73.5 cm³/mol. The number of nitrogens with zero attached hydrogens (tertiary/aromatic N) is 2. The van der Waals surface area contributed by atoms with Gasteiger partial charge in [-0.25, -0.2) is 4.98 Å². The second-order valence-corrected chi connectivity index (χ2v) is 6.21. The molecule has 0 bridgehead atoms. The van der Waals surface area contributed by atoms with Gasteiger partial charge in [-0.05, 0) is 25.9 Å². The fourth-order valence-electron chi connectivity index (χ4n) is 2.19. The number of fused-ring (bicyclic) bond motifs is 1. The molecule has 17 heavy (non-hydrogen) atoms. The maximum Gasteiger partial charge on any atom is 0.0957 e. The number of rotatable bonds is 5. The van der Waals surface area contributed by atoms with Crippen LogP contribution in [-0.2, 0) is 13.0 Å². The van der Waals surface area contributed by atoms with Gasteiger partial charge in [-0.1, -0.05) is 13.8 Å². The van der Waals surface area contributed by atoms with E-state index in [1.54, 1.807) is 0 Å². The molecule has 0 amide bonds. The fraction of sp³-hybridized carbons (Fsp3) is 0.769. The SMILES string of the molecule is CC(C)c1nc2c(s1)CN(CCCCN)CC2. The molecule has 0 aliphatic carbocycles. The van der Waals surface area contributed by atoms with E-state index in [4.69, 9.17) is 10.7 Å². The number of hydrogen-bond acceptors (Lipinski definition) is 4. The van der Waals surface area contributed by atoms with Crippen molar-refractivity contribution in [3.8, 4) is 0 Å². The number of aromatic nitrogens is 1. The first-order valence-electron chi connectivity index (χ1n) is 6.61. The van der Waals surface area contributed by atoms with E-state index in [0.717, 1.165) is 25.9 Å². The van der Waals surface area contributed by atoms with E-state index in [1.165, 1.54) is 35.1 Å². The van der Waals surface area contributed by atoms with Crippen LogP contribution in [-0.4, -0.2) is 29.5 Å². The van der Waals surface area contributed by atoms with Gasteiger partial charge in [0.2, 0.25) is 0 Å². The van der Waals surface area contributed by atoms with Crippen molar-refractivity contribution in [3.05, 3.63) is 15.6 Å². The van der Waals surface area contributed by atoms with Crippen LogP contribution in [0.25, 0.3) is 0 Å². The van der Waals surface area contributed by atoms with Crippen LogP contribution in [0.5, 0.6) is 0 Å². The highest BCUT2D eigenvalue weighted by Gasteiger charge is 2.20. The monoisotopic (exact) mass is 253 g/mol. The Hall–Kier alpha value is -0.450. The minimum Gasteiger partial charge on any atom is -0.330 e. The second kappa shape index (κ2) is 5.94. The molecule has 0 atom stereocenters. The Morgan fingerprint density at radius 2 is 2.24 bits per heavy atom. The van der Waals surface area contributed by atoms with Crippen LogP contribution in [0.3, 0.4) is 0 Å².